The molecule has 2 aromatic carbocycles. The summed E-state index contributed by atoms with van der Waals surface area (Å²) >= 11 is 0. The van der Waals surface area contributed by atoms with Crippen LogP contribution in [0.2, 0.25) is 0 Å². The second-order valence-electron chi connectivity index (χ2n) is 3.25. The van der Waals surface area contributed by atoms with Crippen LogP contribution in [0.1, 0.15) is 11.8 Å². The van der Waals surface area contributed by atoms with E-state index >= 15 is 0 Å². The summed E-state index contributed by atoms with van der Waals surface area (Å²) in [7, 11) is 0. The first-order valence-corrected chi connectivity index (χ1v) is 4.66. The van der Waals surface area contributed by atoms with E-state index in [9.17, 15) is 4.79 Å². The van der Waals surface area contributed by atoms with Gasteiger partial charge in [-0.15, -0.1) is 0 Å². The van der Waals surface area contributed by atoms with Crippen molar-refractivity contribution in [1.29, 1.82) is 0 Å². The second-order valence-corrected chi connectivity index (χ2v) is 3.25. The summed E-state index contributed by atoms with van der Waals surface area (Å²) in [5.41, 5.74) is 2.43. The van der Waals surface area contributed by atoms with Crippen LogP contribution < -0.4 is 29.6 Å². The molecular formula is C13H11NaO2. The number of aromatic carboxylic acids is 1. The van der Waals surface area contributed by atoms with Gasteiger partial charge in [0.05, 0.1) is 5.56 Å². The van der Waals surface area contributed by atoms with Crippen LogP contribution in [0, 0.1) is 0 Å². The summed E-state index contributed by atoms with van der Waals surface area (Å²) in [6.45, 7) is 0. The summed E-state index contributed by atoms with van der Waals surface area (Å²) in [5.74, 6) is -0.894. The van der Waals surface area contributed by atoms with Gasteiger partial charge in [-0.25, -0.2) is 4.79 Å². The monoisotopic (exact) mass is 222 g/mol. The average molecular weight is 222 g/mol. The number of benzene rings is 2. The molecule has 1 N–H and O–H groups in total. The van der Waals surface area contributed by atoms with Crippen LogP contribution in [0.4, 0.5) is 0 Å². The first-order chi connectivity index (χ1) is 7.27. The Morgan fingerprint density at radius 2 is 1.38 bits per heavy atom. The standard InChI is InChI=1S/C13H10O2.Na.H/c14-13(15)12-8-6-11(7-9-12)10-4-2-1-3-5-10;;/h1-9H,(H,14,15);;/q;+1;-1. The van der Waals surface area contributed by atoms with Gasteiger partial charge >= 0.3 is 35.5 Å². The summed E-state index contributed by atoms with van der Waals surface area (Å²) in [6.07, 6.45) is 0. The average Bonchev–Trinajstić information content (AvgIpc) is 2.30. The molecule has 0 radical (unpaired) electrons. The van der Waals surface area contributed by atoms with Gasteiger partial charge in [0.25, 0.3) is 0 Å². The zero-order valence-electron chi connectivity index (χ0n) is 10.1. The molecule has 0 fully saturated rings. The Morgan fingerprint density at radius 1 is 0.875 bits per heavy atom. The van der Waals surface area contributed by atoms with Crippen molar-refractivity contribution in [3.8, 4) is 11.1 Å². The molecule has 0 atom stereocenters. The summed E-state index contributed by atoms with van der Waals surface area (Å²) in [5, 5.41) is 8.75. The van der Waals surface area contributed by atoms with Crippen LogP contribution in [0.15, 0.2) is 54.6 Å². The molecule has 0 aromatic heterocycles. The normalized spacial score (nSPS) is 9.25. The van der Waals surface area contributed by atoms with Crippen molar-refractivity contribution in [1.82, 2.24) is 0 Å². The van der Waals surface area contributed by atoms with Crippen molar-refractivity contribution in [3.05, 3.63) is 60.2 Å². The number of carboxylic acids is 1. The molecule has 0 aliphatic carbocycles. The predicted molar refractivity (Wildman–Crippen MR) is 59.9 cm³/mol. The summed E-state index contributed by atoms with van der Waals surface area (Å²) in [6, 6.07) is 16.7. The van der Waals surface area contributed by atoms with Crippen molar-refractivity contribution < 1.29 is 40.9 Å². The topological polar surface area (TPSA) is 37.3 Å². The fourth-order valence-electron chi connectivity index (χ4n) is 1.44. The third-order valence-corrected chi connectivity index (χ3v) is 2.24. The van der Waals surface area contributed by atoms with Gasteiger partial charge in [0.2, 0.25) is 0 Å². The molecule has 2 nitrogen and oxygen atoms in total. The van der Waals surface area contributed by atoms with Gasteiger partial charge < -0.3 is 6.53 Å². The van der Waals surface area contributed by atoms with E-state index < -0.39 is 5.97 Å². The third-order valence-electron chi connectivity index (χ3n) is 2.24. The van der Waals surface area contributed by atoms with E-state index in [4.69, 9.17) is 5.11 Å². The van der Waals surface area contributed by atoms with Gasteiger partial charge in [-0.05, 0) is 23.3 Å². The summed E-state index contributed by atoms with van der Waals surface area (Å²) in [4.78, 5) is 10.6. The number of carbonyl (C=O) groups is 1. The fraction of sp³-hybridized carbons (Fsp3) is 0. The predicted octanol–water partition coefficient (Wildman–Crippen LogP) is 0.168. The third kappa shape index (κ3) is 2.95. The maximum Gasteiger partial charge on any atom is 1.00 e. The molecule has 0 aliphatic heterocycles. The molecule has 2 aromatic rings. The Hall–Kier alpha value is -1.09. The Labute approximate surface area is 118 Å². The van der Waals surface area contributed by atoms with Gasteiger partial charge in [0, 0.05) is 0 Å². The van der Waals surface area contributed by atoms with Crippen molar-refractivity contribution in [2.24, 2.45) is 0 Å². The van der Waals surface area contributed by atoms with Crippen LogP contribution in [-0.2, 0) is 0 Å². The minimum absolute atomic E-state index is 0. The molecule has 0 amide bonds. The molecule has 76 valence electrons. The van der Waals surface area contributed by atoms with Crippen LogP contribution in [-0.4, -0.2) is 11.1 Å². The summed E-state index contributed by atoms with van der Waals surface area (Å²) < 4.78 is 0. The van der Waals surface area contributed by atoms with Gasteiger partial charge in [-0.1, -0.05) is 42.5 Å². The Kier molecular flexibility index (Phi) is 4.74. The van der Waals surface area contributed by atoms with Gasteiger partial charge in [0.1, 0.15) is 0 Å². The Morgan fingerprint density at radius 3 is 1.88 bits per heavy atom. The molecule has 0 bridgehead atoms. The zero-order valence-corrected chi connectivity index (χ0v) is 11.1. The molecule has 3 heteroatoms. The minimum atomic E-state index is -0.894. The maximum absolute atomic E-state index is 10.6. The van der Waals surface area contributed by atoms with E-state index in [1.807, 2.05) is 42.5 Å². The largest absolute Gasteiger partial charge is 1.00 e. The van der Waals surface area contributed by atoms with E-state index in [0.29, 0.717) is 5.56 Å². The molecule has 16 heavy (non-hydrogen) atoms. The smallest absolute Gasteiger partial charge is 1.00 e. The number of hydrogen-bond donors (Lipinski definition) is 1. The molecule has 0 saturated heterocycles. The fourth-order valence-corrected chi connectivity index (χ4v) is 1.44. The van der Waals surface area contributed by atoms with E-state index in [0.717, 1.165) is 11.1 Å². The van der Waals surface area contributed by atoms with Crippen LogP contribution in [0.25, 0.3) is 11.1 Å². The molecule has 0 saturated carbocycles. The van der Waals surface area contributed by atoms with Gasteiger partial charge in [-0.3, -0.25) is 0 Å². The molecule has 0 aliphatic rings. The van der Waals surface area contributed by atoms with Crippen molar-refractivity contribution in [2.45, 2.75) is 0 Å². The number of carboxylic acid groups (broad SMARTS) is 1. The molecule has 2 rings (SSSR count). The zero-order chi connectivity index (χ0) is 10.7. The Bertz CT molecular complexity index is 469. The van der Waals surface area contributed by atoms with E-state index in [1.165, 1.54) is 0 Å². The quantitative estimate of drug-likeness (QED) is 0.735. The molecule has 0 spiro atoms. The number of hydrogen-bond acceptors (Lipinski definition) is 1. The van der Waals surface area contributed by atoms with Gasteiger partial charge in [-0.2, -0.15) is 0 Å². The SMILES string of the molecule is O=C(O)c1ccc(-c2ccccc2)cc1.[H-].[Na+]. The van der Waals surface area contributed by atoms with Crippen LogP contribution in [0.3, 0.4) is 0 Å². The van der Waals surface area contributed by atoms with E-state index in [2.05, 4.69) is 0 Å². The molecule has 0 unspecified atom stereocenters. The molecule has 0 heterocycles. The van der Waals surface area contributed by atoms with Crippen molar-refractivity contribution in [2.75, 3.05) is 0 Å². The van der Waals surface area contributed by atoms with Crippen molar-refractivity contribution >= 4 is 5.97 Å². The van der Waals surface area contributed by atoms with Crippen molar-refractivity contribution in [3.63, 3.8) is 0 Å². The van der Waals surface area contributed by atoms with E-state index in [-0.39, 0.29) is 31.0 Å². The number of rotatable bonds is 2. The van der Waals surface area contributed by atoms with Crippen LogP contribution in [0.5, 0.6) is 0 Å². The second kappa shape index (κ2) is 5.85. The maximum atomic E-state index is 10.6. The Balaban J connectivity index is 0.00000128. The van der Waals surface area contributed by atoms with Crippen LogP contribution >= 0.6 is 0 Å². The first kappa shape index (κ1) is 13.0. The molecular weight excluding hydrogens is 211 g/mol. The minimum Gasteiger partial charge on any atom is -1.00 e. The van der Waals surface area contributed by atoms with E-state index in [1.54, 1.807) is 12.1 Å². The first-order valence-electron chi connectivity index (χ1n) is 4.66. The van der Waals surface area contributed by atoms with Gasteiger partial charge in [0.15, 0.2) is 0 Å².